The predicted molar refractivity (Wildman–Crippen MR) is 59.2 cm³/mol. The molecule has 1 fully saturated rings. The molecule has 1 atom stereocenters. The van der Waals surface area contributed by atoms with Crippen LogP contribution in [-0.4, -0.2) is 32.4 Å². The Balaban J connectivity index is 1.59. The Morgan fingerprint density at radius 3 is 2.80 bits per heavy atom. The topological polar surface area (TPSA) is 30.5 Å². The fourth-order valence-corrected chi connectivity index (χ4v) is 1.66. The van der Waals surface area contributed by atoms with Crippen LogP contribution >= 0.6 is 0 Å². The van der Waals surface area contributed by atoms with Gasteiger partial charge in [0, 0.05) is 6.54 Å². The van der Waals surface area contributed by atoms with Gasteiger partial charge >= 0.3 is 0 Å². The molecule has 0 bridgehead atoms. The highest BCUT2D eigenvalue weighted by atomic mass is 16.5. The van der Waals surface area contributed by atoms with Gasteiger partial charge in [-0.1, -0.05) is 18.2 Å². The van der Waals surface area contributed by atoms with Gasteiger partial charge in [0.1, 0.15) is 12.4 Å². The first-order valence-corrected chi connectivity index (χ1v) is 5.45. The van der Waals surface area contributed by atoms with Gasteiger partial charge in [-0.25, -0.2) is 0 Å². The van der Waals surface area contributed by atoms with Gasteiger partial charge < -0.3 is 14.8 Å². The van der Waals surface area contributed by atoms with Gasteiger partial charge in [-0.3, -0.25) is 0 Å². The molecule has 1 unspecified atom stereocenters. The number of benzene rings is 1. The minimum atomic E-state index is 0.379. The largest absolute Gasteiger partial charge is 0.491 e. The number of hydrogen-bond acceptors (Lipinski definition) is 3. The highest BCUT2D eigenvalue weighted by Crippen LogP contribution is 2.08. The molecule has 82 valence electrons. The van der Waals surface area contributed by atoms with Crippen molar-refractivity contribution in [1.29, 1.82) is 0 Å². The summed E-state index contributed by atoms with van der Waals surface area (Å²) < 4.78 is 11.2. The molecule has 0 spiro atoms. The van der Waals surface area contributed by atoms with Crippen LogP contribution in [0.3, 0.4) is 0 Å². The minimum Gasteiger partial charge on any atom is -0.491 e. The van der Waals surface area contributed by atoms with Gasteiger partial charge in [-0.15, -0.1) is 0 Å². The first kappa shape index (κ1) is 10.5. The zero-order chi connectivity index (χ0) is 10.3. The summed E-state index contributed by atoms with van der Waals surface area (Å²) in [5.74, 6) is 0.908. The van der Waals surface area contributed by atoms with Gasteiger partial charge in [0.2, 0.25) is 0 Å². The van der Waals surface area contributed by atoms with Gasteiger partial charge in [0.25, 0.3) is 0 Å². The number of rotatable bonds is 5. The number of hydrogen-bond donors (Lipinski definition) is 1. The van der Waals surface area contributed by atoms with Crippen LogP contribution in [0.1, 0.15) is 6.42 Å². The van der Waals surface area contributed by atoms with Gasteiger partial charge in [0.15, 0.2) is 0 Å². The Kier molecular flexibility index (Phi) is 4.00. The molecule has 1 heterocycles. The van der Waals surface area contributed by atoms with Crippen LogP contribution < -0.4 is 10.1 Å². The molecule has 0 aliphatic carbocycles. The molecule has 15 heavy (non-hydrogen) atoms. The highest BCUT2D eigenvalue weighted by molar-refractivity contribution is 5.20. The molecular weight excluding hydrogens is 190 g/mol. The van der Waals surface area contributed by atoms with Gasteiger partial charge in [-0.2, -0.15) is 0 Å². The van der Waals surface area contributed by atoms with Crippen molar-refractivity contribution in [2.75, 3.05) is 26.3 Å². The summed E-state index contributed by atoms with van der Waals surface area (Å²) in [6.07, 6.45) is 1.50. The van der Waals surface area contributed by atoms with E-state index in [0.29, 0.717) is 19.3 Å². The molecular formula is C12H17NO2. The van der Waals surface area contributed by atoms with E-state index in [1.165, 1.54) is 0 Å². The predicted octanol–water partition coefficient (Wildman–Crippen LogP) is 1.44. The molecule has 1 aromatic rings. The molecule has 1 saturated heterocycles. The third-order valence-electron chi connectivity index (χ3n) is 2.46. The van der Waals surface area contributed by atoms with E-state index in [9.17, 15) is 0 Å². The van der Waals surface area contributed by atoms with E-state index in [2.05, 4.69) is 5.32 Å². The highest BCUT2D eigenvalue weighted by Gasteiger charge is 2.13. The molecule has 1 aliphatic rings. The Bertz CT molecular complexity index is 270. The van der Waals surface area contributed by atoms with Crippen LogP contribution in [-0.2, 0) is 4.74 Å². The number of nitrogens with one attached hydrogen (secondary N) is 1. The smallest absolute Gasteiger partial charge is 0.119 e. The zero-order valence-corrected chi connectivity index (χ0v) is 8.82. The molecule has 1 aliphatic heterocycles. The van der Waals surface area contributed by atoms with Crippen LogP contribution in [0.2, 0.25) is 0 Å². The van der Waals surface area contributed by atoms with Crippen molar-refractivity contribution in [3.63, 3.8) is 0 Å². The monoisotopic (exact) mass is 207 g/mol. The Hall–Kier alpha value is -1.06. The molecule has 0 amide bonds. The molecule has 0 saturated carbocycles. The van der Waals surface area contributed by atoms with E-state index in [4.69, 9.17) is 9.47 Å². The maximum Gasteiger partial charge on any atom is 0.119 e. The van der Waals surface area contributed by atoms with Crippen molar-refractivity contribution >= 4 is 0 Å². The third-order valence-corrected chi connectivity index (χ3v) is 2.46. The lowest BCUT2D eigenvalue weighted by Gasteiger charge is -2.11. The van der Waals surface area contributed by atoms with Crippen LogP contribution in [0.5, 0.6) is 5.75 Å². The summed E-state index contributed by atoms with van der Waals surface area (Å²) in [6, 6.07) is 9.83. The molecule has 1 aromatic carbocycles. The summed E-state index contributed by atoms with van der Waals surface area (Å²) in [6.45, 7) is 3.34. The lowest BCUT2D eigenvalue weighted by Crippen LogP contribution is -2.19. The summed E-state index contributed by atoms with van der Waals surface area (Å²) >= 11 is 0. The summed E-state index contributed by atoms with van der Waals surface area (Å²) in [5, 5.41) is 3.27. The lowest BCUT2D eigenvalue weighted by molar-refractivity contribution is 0.0455. The van der Waals surface area contributed by atoms with Crippen molar-refractivity contribution in [2.24, 2.45) is 0 Å². The average molecular weight is 207 g/mol. The van der Waals surface area contributed by atoms with E-state index in [1.54, 1.807) is 0 Å². The quantitative estimate of drug-likeness (QED) is 0.741. The van der Waals surface area contributed by atoms with E-state index in [1.807, 2.05) is 30.3 Å². The second-order valence-corrected chi connectivity index (χ2v) is 3.65. The minimum absolute atomic E-state index is 0.379. The van der Waals surface area contributed by atoms with Crippen molar-refractivity contribution in [3.8, 4) is 5.75 Å². The van der Waals surface area contributed by atoms with Crippen molar-refractivity contribution in [1.82, 2.24) is 5.32 Å². The first-order chi connectivity index (χ1) is 7.45. The Morgan fingerprint density at radius 1 is 1.20 bits per heavy atom. The zero-order valence-electron chi connectivity index (χ0n) is 8.82. The average Bonchev–Trinajstić information content (AvgIpc) is 2.79. The van der Waals surface area contributed by atoms with Crippen molar-refractivity contribution in [2.45, 2.75) is 12.5 Å². The first-order valence-electron chi connectivity index (χ1n) is 5.45. The van der Waals surface area contributed by atoms with Gasteiger partial charge in [0.05, 0.1) is 12.7 Å². The normalized spacial score (nSPS) is 20.4. The van der Waals surface area contributed by atoms with Crippen LogP contribution in [0, 0.1) is 0 Å². The Labute approximate surface area is 90.4 Å². The van der Waals surface area contributed by atoms with E-state index in [0.717, 1.165) is 25.3 Å². The van der Waals surface area contributed by atoms with Crippen molar-refractivity contribution in [3.05, 3.63) is 30.3 Å². The molecule has 1 N–H and O–H groups in total. The summed E-state index contributed by atoms with van der Waals surface area (Å²) in [7, 11) is 0. The Morgan fingerprint density at radius 2 is 2.07 bits per heavy atom. The third kappa shape index (κ3) is 3.53. The van der Waals surface area contributed by atoms with Gasteiger partial charge in [-0.05, 0) is 25.1 Å². The summed E-state index contributed by atoms with van der Waals surface area (Å²) in [4.78, 5) is 0. The molecule has 3 nitrogen and oxygen atoms in total. The van der Waals surface area contributed by atoms with Crippen LogP contribution in [0.15, 0.2) is 30.3 Å². The second kappa shape index (κ2) is 5.73. The fourth-order valence-electron chi connectivity index (χ4n) is 1.66. The SMILES string of the molecule is c1ccc(OCCOC2CCNC2)cc1. The van der Waals surface area contributed by atoms with Crippen molar-refractivity contribution < 1.29 is 9.47 Å². The van der Waals surface area contributed by atoms with E-state index in [-0.39, 0.29) is 0 Å². The number of para-hydroxylation sites is 1. The number of ether oxygens (including phenoxy) is 2. The lowest BCUT2D eigenvalue weighted by atomic mass is 10.3. The van der Waals surface area contributed by atoms with E-state index < -0.39 is 0 Å². The maximum atomic E-state index is 5.64. The van der Waals surface area contributed by atoms with Crippen LogP contribution in [0.25, 0.3) is 0 Å². The second-order valence-electron chi connectivity index (χ2n) is 3.65. The molecule has 0 aromatic heterocycles. The molecule has 0 radical (unpaired) electrons. The molecule has 3 heteroatoms. The fraction of sp³-hybridized carbons (Fsp3) is 0.500. The summed E-state index contributed by atoms with van der Waals surface area (Å²) in [5.41, 5.74) is 0. The molecule has 2 rings (SSSR count). The maximum absolute atomic E-state index is 5.64. The standard InChI is InChI=1S/C12H17NO2/c1-2-4-11(5-3-1)14-8-9-15-12-6-7-13-10-12/h1-5,12-13H,6-10H2. The van der Waals surface area contributed by atoms with E-state index >= 15 is 0 Å². The van der Waals surface area contributed by atoms with Crippen LogP contribution in [0.4, 0.5) is 0 Å².